The van der Waals surface area contributed by atoms with Gasteiger partial charge in [0.25, 0.3) is 0 Å². The Morgan fingerprint density at radius 2 is 2.25 bits per heavy atom. The van der Waals surface area contributed by atoms with Gasteiger partial charge in [0.1, 0.15) is 5.65 Å². The number of carboxylic acid groups (broad SMARTS) is 1. The van der Waals surface area contributed by atoms with E-state index in [4.69, 9.17) is 5.11 Å². The van der Waals surface area contributed by atoms with E-state index in [1.165, 1.54) is 0 Å². The Labute approximate surface area is 101 Å². The largest absolute Gasteiger partial charge is 0.478 e. The third kappa shape index (κ3) is 1.71. The predicted octanol–water partition coefficient (Wildman–Crippen LogP) is 2.92. The second kappa shape index (κ2) is 3.90. The van der Waals surface area contributed by atoms with E-state index in [-0.39, 0.29) is 5.56 Å². The summed E-state index contributed by atoms with van der Waals surface area (Å²) in [6.45, 7) is 4.14. The van der Waals surface area contributed by atoms with Crippen LogP contribution in [-0.4, -0.2) is 20.5 Å². The molecule has 0 aliphatic heterocycles. The highest BCUT2D eigenvalue weighted by Crippen LogP contribution is 2.22. The summed E-state index contributed by atoms with van der Waals surface area (Å²) in [5.41, 5.74) is 1.95. The number of nitrogens with zero attached hydrogens (tertiary/aromatic N) is 2. The lowest BCUT2D eigenvalue weighted by atomic mass is 10.1. The van der Waals surface area contributed by atoms with E-state index in [0.29, 0.717) is 16.0 Å². The molecule has 0 saturated carbocycles. The molecule has 0 bridgehead atoms. The van der Waals surface area contributed by atoms with Crippen molar-refractivity contribution in [1.29, 1.82) is 0 Å². The van der Waals surface area contributed by atoms with Gasteiger partial charge in [-0.25, -0.2) is 9.78 Å². The first kappa shape index (κ1) is 11.1. The SMILES string of the molecule is CC(C)c1cnc2cc(C(=O)O)c(Br)cn12. The standard InChI is InChI=1S/C11H11BrN2O2/c1-6(2)9-4-13-10-3-7(11(15)16)8(12)5-14(9)10/h3-6H,1-2H3,(H,15,16). The number of fused-ring (bicyclic) bond motifs is 1. The van der Waals surface area contributed by atoms with Crippen molar-refractivity contribution in [3.63, 3.8) is 0 Å². The number of aromatic nitrogens is 2. The topological polar surface area (TPSA) is 54.6 Å². The monoisotopic (exact) mass is 282 g/mol. The van der Waals surface area contributed by atoms with E-state index in [1.807, 2.05) is 4.40 Å². The van der Waals surface area contributed by atoms with Crippen LogP contribution in [0.25, 0.3) is 5.65 Å². The summed E-state index contributed by atoms with van der Waals surface area (Å²) < 4.78 is 2.47. The summed E-state index contributed by atoms with van der Waals surface area (Å²) >= 11 is 3.26. The van der Waals surface area contributed by atoms with Crippen LogP contribution in [0.4, 0.5) is 0 Å². The van der Waals surface area contributed by atoms with E-state index < -0.39 is 5.97 Å². The fraction of sp³-hybridized carbons (Fsp3) is 0.273. The normalized spacial score (nSPS) is 11.2. The first-order valence-electron chi connectivity index (χ1n) is 4.90. The van der Waals surface area contributed by atoms with Crippen LogP contribution in [0.1, 0.15) is 35.8 Å². The highest BCUT2D eigenvalue weighted by Gasteiger charge is 2.13. The number of imidazole rings is 1. The molecule has 0 aliphatic rings. The third-order valence-corrected chi connectivity index (χ3v) is 3.08. The first-order chi connectivity index (χ1) is 7.50. The van der Waals surface area contributed by atoms with E-state index >= 15 is 0 Å². The van der Waals surface area contributed by atoms with Gasteiger partial charge in [0.2, 0.25) is 0 Å². The third-order valence-electron chi connectivity index (χ3n) is 2.45. The fourth-order valence-corrected chi connectivity index (χ4v) is 2.10. The van der Waals surface area contributed by atoms with Crippen molar-refractivity contribution in [3.05, 3.63) is 34.2 Å². The number of aromatic carboxylic acids is 1. The summed E-state index contributed by atoms with van der Waals surface area (Å²) in [5.74, 6) is -0.610. The lowest BCUT2D eigenvalue weighted by Gasteiger charge is -2.06. The number of hydrogen-bond donors (Lipinski definition) is 1. The number of rotatable bonds is 2. The summed E-state index contributed by atoms with van der Waals surface area (Å²) in [6.07, 6.45) is 3.53. The second-order valence-electron chi connectivity index (χ2n) is 3.91. The van der Waals surface area contributed by atoms with Crippen LogP contribution in [0, 0.1) is 0 Å². The molecule has 0 spiro atoms. The van der Waals surface area contributed by atoms with Gasteiger partial charge in [-0.05, 0) is 27.9 Å². The molecule has 16 heavy (non-hydrogen) atoms. The Bertz CT molecular complexity index is 560. The lowest BCUT2D eigenvalue weighted by molar-refractivity contribution is 0.0696. The number of carbonyl (C=O) groups is 1. The van der Waals surface area contributed by atoms with Gasteiger partial charge in [0, 0.05) is 22.6 Å². The number of halogens is 1. The number of carboxylic acids is 1. The fourth-order valence-electron chi connectivity index (χ4n) is 1.61. The molecule has 0 aliphatic carbocycles. The molecule has 0 saturated heterocycles. The second-order valence-corrected chi connectivity index (χ2v) is 4.76. The zero-order valence-corrected chi connectivity index (χ0v) is 10.5. The van der Waals surface area contributed by atoms with Crippen molar-refractivity contribution >= 4 is 27.5 Å². The highest BCUT2D eigenvalue weighted by atomic mass is 79.9. The van der Waals surface area contributed by atoms with Gasteiger partial charge in [0.05, 0.1) is 5.56 Å². The summed E-state index contributed by atoms with van der Waals surface area (Å²) in [6, 6.07) is 1.57. The molecule has 2 heterocycles. The van der Waals surface area contributed by atoms with Crippen LogP contribution in [0.5, 0.6) is 0 Å². The maximum absolute atomic E-state index is 10.9. The molecule has 2 rings (SSSR count). The van der Waals surface area contributed by atoms with Gasteiger partial charge in [-0.1, -0.05) is 13.8 Å². The molecule has 0 fully saturated rings. The molecule has 2 aromatic rings. The van der Waals surface area contributed by atoms with Crippen molar-refractivity contribution in [3.8, 4) is 0 Å². The Morgan fingerprint density at radius 3 is 2.81 bits per heavy atom. The summed E-state index contributed by atoms with van der Waals surface area (Å²) in [4.78, 5) is 15.1. The molecule has 0 unspecified atom stereocenters. The summed E-state index contributed by atoms with van der Waals surface area (Å²) in [7, 11) is 0. The molecule has 5 heteroatoms. The average molecular weight is 283 g/mol. The maximum atomic E-state index is 10.9. The summed E-state index contributed by atoms with van der Waals surface area (Å²) in [5, 5.41) is 8.97. The van der Waals surface area contributed by atoms with Gasteiger partial charge >= 0.3 is 5.97 Å². The molecule has 0 atom stereocenters. The molecule has 1 N–H and O–H groups in total. The van der Waals surface area contributed by atoms with Gasteiger partial charge in [-0.15, -0.1) is 0 Å². The van der Waals surface area contributed by atoms with Gasteiger partial charge < -0.3 is 9.51 Å². The van der Waals surface area contributed by atoms with Crippen LogP contribution in [-0.2, 0) is 0 Å². The molecular weight excluding hydrogens is 272 g/mol. The zero-order valence-electron chi connectivity index (χ0n) is 8.94. The molecule has 0 radical (unpaired) electrons. The molecular formula is C11H11BrN2O2. The Hall–Kier alpha value is -1.36. The molecule has 0 aromatic carbocycles. The zero-order chi connectivity index (χ0) is 11.9. The molecule has 2 aromatic heterocycles. The van der Waals surface area contributed by atoms with Gasteiger partial charge in [0.15, 0.2) is 0 Å². The quantitative estimate of drug-likeness (QED) is 0.922. The Kier molecular flexibility index (Phi) is 2.71. The van der Waals surface area contributed by atoms with E-state index in [2.05, 4.69) is 34.8 Å². The van der Waals surface area contributed by atoms with Crippen LogP contribution in [0.15, 0.2) is 22.9 Å². The van der Waals surface area contributed by atoms with Crippen LogP contribution in [0.3, 0.4) is 0 Å². The average Bonchev–Trinajstić information content (AvgIpc) is 2.58. The molecule has 84 valence electrons. The van der Waals surface area contributed by atoms with Gasteiger partial charge in [-0.3, -0.25) is 0 Å². The number of hydrogen-bond acceptors (Lipinski definition) is 2. The molecule has 4 nitrogen and oxygen atoms in total. The van der Waals surface area contributed by atoms with Crippen LogP contribution in [0.2, 0.25) is 0 Å². The van der Waals surface area contributed by atoms with E-state index in [9.17, 15) is 4.79 Å². The minimum absolute atomic E-state index is 0.230. The van der Waals surface area contributed by atoms with Crippen molar-refractivity contribution in [2.24, 2.45) is 0 Å². The smallest absolute Gasteiger partial charge is 0.337 e. The maximum Gasteiger partial charge on any atom is 0.337 e. The first-order valence-corrected chi connectivity index (χ1v) is 5.70. The highest BCUT2D eigenvalue weighted by molar-refractivity contribution is 9.10. The van der Waals surface area contributed by atoms with Crippen LogP contribution >= 0.6 is 15.9 Å². The number of pyridine rings is 1. The minimum Gasteiger partial charge on any atom is -0.478 e. The van der Waals surface area contributed by atoms with Crippen molar-refractivity contribution in [1.82, 2.24) is 9.38 Å². The van der Waals surface area contributed by atoms with E-state index in [0.717, 1.165) is 5.69 Å². The Morgan fingerprint density at radius 1 is 1.56 bits per heavy atom. The van der Waals surface area contributed by atoms with Crippen molar-refractivity contribution < 1.29 is 9.90 Å². The van der Waals surface area contributed by atoms with Crippen LogP contribution < -0.4 is 0 Å². The minimum atomic E-state index is -0.955. The van der Waals surface area contributed by atoms with Crippen molar-refractivity contribution in [2.75, 3.05) is 0 Å². The predicted molar refractivity (Wildman–Crippen MR) is 63.9 cm³/mol. The lowest BCUT2D eigenvalue weighted by Crippen LogP contribution is -2.01. The molecule has 0 amide bonds. The Balaban J connectivity index is 2.71. The van der Waals surface area contributed by atoms with E-state index in [1.54, 1.807) is 18.5 Å². The van der Waals surface area contributed by atoms with Gasteiger partial charge in [-0.2, -0.15) is 0 Å². The van der Waals surface area contributed by atoms with Crippen molar-refractivity contribution in [2.45, 2.75) is 19.8 Å².